The molecule has 2 bridgehead atoms. The Morgan fingerprint density at radius 2 is 1.58 bits per heavy atom. The van der Waals surface area contributed by atoms with Gasteiger partial charge in [-0.05, 0) is 68.7 Å². The smallest absolute Gasteiger partial charge is 0.0242 e. The van der Waals surface area contributed by atoms with Crippen molar-refractivity contribution in [2.45, 2.75) is 71.1 Å². The third kappa shape index (κ3) is 2.44. The number of piperidine rings is 1. The Labute approximate surface area is 117 Å². The van der Waals surface area contributed by atoms with Gasteiger partial charge in [-0.15, -0.1) is 0 Å². The minimum atomic E-state index is 0.439. The summed E-state index contributed by atoms with van der Waals surface area (Å²) in [5.74, 6) is 0. The predicted molar refractivity (Wildman–Crippen MR) is 80.2 cm³/mol. The number of benzene rings is 1. The molecule has 2 aliphatic rings. The zero-order valence-electron chi connectivity index (χ0n) is 12.4. The number of aryl methyl sites for hydroxylation is 3. The van der Waals surface area contributed by atoms with Crippen LogP contribution in [0.1, 0.15) is 47.9 Å². The van der Waals surface area contributed by atoms with Crippen LogP contribution in [0, 0.1) is 20.8 Å². The summed E-state index contributed by atoms with van der Waals surface area (Å²) >= 11 is 0. The van der Waals surface area contributed by atoms with E-state index >= 15 is 0 Å². The van der Waals surface area contributed by atoms with Crippen LogP contribution in [0.15, 0.2) is 12.1 Å². The Morgan fingerprint density at radius 3 is 2.21 bits per heavy atom. The first-order valence-corrected chi connectivity index (χ1v) is 7.62. The minimum Gasteiger partial charge on any atom is -0.328 e. The molecule has 0 radical (unpaired) electrons. The van der Waals surface area contributed by atoms with E-state index < -0.39 is 0 Å². The van der Waals surface area contributed by atoms with Gasteiger partial charge in [0.25, 0.3) is 0 Å². The normalized spacial score (nSPS) is 30.8. The van der Waals surface area contributed by atoms with Crippen molar-refractivity contribution >= 4 is 0 Å². The molecule has 2 heterocycles. The van der Waals surface area contributed by atoms with Crippen molar-refractivity contribution in [3.63, 3.8) is 0 Å². The van der Waals surface area contributed by atoms with Gasteiger partial charge >= 0.3 is 0 Å². The number of rotatable bonds is 2. The summed E-state index contributed by atoms with van der Waals surface area (Å²) in [6.45, 7) is 7.79. The van der Waals surface area contributed by atoms with Crippen LogP contribution in [0.4, 0.5) is 0 Å². The first-order valence-electron chi connectivity index (χ1n) is 7.62. The highest BCUT2D eigenvalue weighted by Crippen LogP contribution is 2.36. The summed E-state index contributed by atoms with van der Waals surface area (Å²) in [6.07, 6.45) is 5.09. The lowest BCUT2D eigenvalue weighted by Gasteiger charge is -2.38. The summed E-state index contributed by atoms with van der Waals surface area (Å²) in [5, 5.41) is 0. The van der Waals surface area contributed by atoms with Crippen LogP contribution in [0.2, 0.25) is 0 Å². The maximum absolute atomic E-state index is 6.16. The molecule has 2 fully saturated rings. The van der Waals surface area contributed by atoms with E-state index in [2.05, 4.69) is 37.8 Å². The maximum atomic E-state index is 6.16. The lowest BCUT2D eigenvalue weighted by atomic mass is 9.95. The lowest BCUT2D eigenvalue weighted by molar-refractivity contribution is 0.119. The molecular formula is C17H26N2. The monoisotopic (exact) mass is 258 g/mol. The van der Waals surface area contributed by atoms with Gasteiger partial charge in [0.2, 0.25) is 0 Å². The molecule has 2 unspecified atom stereocenters. The van der Waals surface area contributed by atoms with Gasteiger partial charge in [0.1, 0.15) is 0 Å². The fourth-order valence-electron chi connectivity index (χ4n) is 3.96. The van der Waals surface area contributed by atoms with Crippen molar-refractivity contribution in [3.8, 4) is 0 Å². The topological polar surface area (TPSA) is 29.3 Å². The van der Waals surface area contributed by atoms with Gasteiger partial charge in [0.05, 0.1) is 0 Å². The molecule has 0 amide bonds. The molecule has 104 valence electrons. The molecule has 1 aromatic carbocycles. The second-order valence-electron chi connectivity index (χ2n) is 6.65. The quantitative estimate of drug-likeness (QED) is 0.883. The van der Waals surface area contributed by atoms with E-state index in [1.165, 1.54) is 47.9 Å². The van der Waals surface area contributed by atoms with Gasteiger partial charge in [-0.1, -0.05) is 12.1 Å². The fraction of sp³-hybridized carbons (Fsp3) is 0.647. The Kier molecular flexibility index (Phi) is 3.40. The van der Waals surface area contributed by atoms with Crippen molar-refractivity contribution < 1.29 is 0 Å². The molecule has 1 aromatic rings. The van der Waals surface area contributed by atoms with E-state index in [4.69, 9.17) is 5.73 Å². The molecule has 2 heteroatoms. The van der Waals surface area contributed by atoms with Crippen molar-refractivity contribution in [1.82, 2.24) is 4.90 Å². The molecule has 2 N–H and O–H groups in total. The SMILES string of the molecule is Cc1cc(C)c(CN2C3CCC2CC(N)C3)cc1C. The molecule has 2 saturated heterocycles. The predicted octanol–water partition coefficient (Wildman–Crippen LogP) is 3.07. The minimum absolute atomic E-state index is 0.439. The van der Waals surface area contributed by atoms with Gasteiger partial charge < -0.3 is 5.73 Å². The molecule has 0 spiro atoms. The van der Waals surface area contributed by atoms with Crippen LogP contribution in [0.3, 0.4) is 0 Å². The highest BCUT2D eigenvalue weighted by Gasteiger charge is 2.39. The van der Waals surface area contributed by atoms with Crippen LogP contribution < -0.4 is 5.73 Å². The number of nitrogens with zero attached hydrogens (tertiary/aromatic N) is 1. The molecule has 0 saturated carbocycles. The Balaban J connectivity index is 1.81. The van der Waals surface area contributed by atoms with E-state index in [0.29, 0.717) is 6.04 Å². The highest BCUT2D eigenvalue weighted by molar-refractivity contribution is 5.36. The summed E-state index contributed by atoms with van der Waals surface area (Å²) in [7, 11) is 0. The average Bonchev–Trinajstić information content (AvgIpc) is 2.58. The molecule has 2 atom stereocenters. The van der Waals surface area contributed by atoms with Gasteiger partial charge in [0, 0.05) is 24.7 Å². The van der Waals surface area contributed by atoms with Gasteiger partial charge in [-0.25, -0.2) is 0 Å². The molecule has 0 aromatic heterocycles. The van der Waals surface area contributed by atoms with E-state index in [9.17, 15) is 0 Å². The Bertz CT molecular complexity index is 466. The van der Waals surface area contributed by atoms with E-state index in [1.54, 1.807) is 0 Å². The largest absolute Gasteiger partial charge is 0.328 e. The lowest BCUT2D eigenvalue weighted by Crippen LogP contribution is -2.46. The highest BCUT2D eigenvalue weighted by atomic mass is 15.2. The van der Waals surface area contributed by atoms with Gasteiger partial charge in [-0.2, -0.15) is 0 Å². The van der Waals surface area contributed by atoms with Crippen LogP contribution in [0.25, 0.3) is 0 Å². The Morgan fingerprint density at radius 1 is 1.00 bits per heavy atom. The average molecular weight is 258 g/mol. The summed E-state index contributed by atoms with van der Waals surface area (Å²) in [5.41, 5.74) is 11.9. The maximum Gasteiger partial charge on any atom is 0.0242 e. The van der Waals surface area contributed by atoms with Crippen LogP contribution >= 0.6 is 0 Å². The molecular weight excluding hydrogens is 232 g/mol. The van der Waals surface area contributed by atoms with Crippen molar-refractivity contribution in [1.29, 1.82) is 0 Å². The van der Waals surface area contributed by atoms with E-state index in [1.807, 2.05) is 0 Å². The third-order valence-corrected chi connectivity index (χ3v) is 5.23. The summed E-state index contributed by atoms with van der Waals surface area (Å²) in [4.78, 5) is 2.72. The van der Waals surface area contributed by atoms with Crippen LogP contribution in [0.5, 0.6) is 0 Å². The van der Waals surface area contributed by atoms with Crippen molar-refractivity contribution in [2.24, 2.45) is 5.73 Å². The van der Waals surface area contributed by atoms with Crippen molar-refractivity contribution in [3.05, 3.63) is 34.4 Å². The fourth-order valence-corrected chi connectivity index (χ4v) is 3.96. The van der Waals surface area contributed by atoms with Gasteiger partial charge in [-0.3, -0.25) is 4.90 Å². The molecule has 2 aliphatic heterocycles. The standard InChI is InChI=1S/C17H26N2/c1-11-6-13(3)14(7-12(11)2)10-19-16-4-5-17(19)9-15(18)8-16/h6-7,15-17H,4-5,8-10,18H2,1-3H3. The van der Waals surface area contributed by atoms with Crippen LogP contribution in [-0.2, 0) is 6.54 Å². The third-order valence-electron chi connectivity index (χ3n) is 5.23. The van der Waals surface area contributed by atoms with E-state index in [0.717, 1.165) is 18.6 Å². The number of hydrogen-bond donors (Lipinski definition) is 1. The zero-order chi connectivity index (χ0) is 13.6. The second-order valence-corrected chi connectivity index (χ2v) is 6.65. The summed E-state index contributed by atoms with van der Waals surface area (Å²) in [6, 6.07) is 6.63. The molecule has 19 heavy (non-hydrogen) atoms. The first kappa shape index (κ1) is 13.1. The zero-order valence-corrected chi connectivity index (χ0v) is 12.4. The number of nitrogens with two attached hydrogens (primary N) is 1. The molecule has 0 aliphatic carbocycles. The van der Waals surface area contributed by atoms with E-state index in [-0.39, 0.29) is 0 Å². The second kappa shape index (κ2) is 4.92. The number of hydrogen-bond acceptors (Lipinski definition) is 2. The molecule has 2 nitrogen and oxygen atoms in total. The van der Waals surface area contributed by atoms with Crippen molar-refractivity contribution in [2.75, 3.05) is 0 Å². The first-order chi connectivity index (χ1) is 9.04. The number of fused-ring (bicyclic) bond motifs is 2. The Hall–Kier alpha value is -0.860. The van der Waals surface area contributed by atoms with Crippen LogP contribution in [-0.4, -0.2) is 23.0 Å². The molecule has 3 rings (SSSR count). The summed E-state index contributed by atoms with van der Waals surface area (Å²) < 4.78 is 0. The van der Waals surface area contributed by atoms with Gasteiger partial charge in [0.15, 0.2) is 0 Å².